The van der Waals surface area contributed by atoms with Crippen molar-refractivity contribution in [2.24, 2.45) is 0 Å². The first-order chi connectivity index (χ1) is 12.2. The van der Waals surface area contributed by atoms with Crippen LogP contribution in [0.1, 0.15) is 36.3 Å². The Morgan fingerprint density at radius 1 is 1.20 bits per heavy atom. The molecule has 0 aliphatic carbocycles. The van der Waals surface area contributed by atoms with Crippen LogP contribution in [0, 0.1) is 0 Å². The van der Waals surface area contributed by atoms with Gasteiger partial charge in [-0.3, -0.25) is 4.90 Å². The highest BCUT2D eigenvalue weighted by atomic mass is 16.4. The molecule has 0 spiro atoms. The van der Waals surface area contributed by atoms with E-state index in [0.29, 0.717) is 12.4 Å². The fourth-order valence-corrected chi connectivity index (χ4v) is 3.72. The summed E-state index contributed by atoms with van der Waals surface area (Å²) in [5.41, 5.74) is 6.51. The minimum Gasteiger partial charge on any atom is -0.408 e. The van der Waals surface area contributed by atoms with Gasteiger partial charge in [-0.1, -0.05) is 47.6 Å². The second-order valence-electron chi connectivity index (χ2n) is 6.66. The van der Waals surface area contributed by atoms with Crippen LogP contribution in [0.5, 0.6) is 0 Å². The number of aromatic nitrogens is 2. The third-order valence-corrected chi connectivity index (χ3v) is 4.92. The number of likely N-dealkylation sites (tertiary alicyclic amines) is 1. The number of rotatable bonds is 4. The number of aliphatic hydroxyl groups excluding tert-OH is 1. The van der Waals surface area contributed by atoms with Crippen molar-refractivity contribution in [2.45, 2.75) is 24.9 Å². The smallest absolute Gasteiger partial charge is 0.312 e. The van der Waals surface area contributed by atoms with Gasteiger partial charge >= 0.3 is 6.01 Å². The third kappa shape index (κ3) is 3.36. The Labute approximate surface area is 146 Å². The van der Waals surface area contributed by atoms with Gasteiger partial charge in [0.05, 0.1) is 12.0 Å². The maximum atomic E-state index is 10.8. The molecule has 0 amide bonds. The van der Waals surface area contributed by atoms with Gasteiger partial charge in [-0.2, -0.15) is 0 Å². The van der Waals surface area contributed by atoms with E-state index in [2.05, 4.69) is 33.3 Å². The summed E-state index contributed by atoms with van der Waals surface area (Å²) < 4.78 is 5.38. The molecule has 6 heteroatoms. The molecule has 1 aliphatic rings. The van der Waals surface area contributed by atoms with Gasteiger partial charge < -0.3 is 15.3 Å². The molecule has 0 saturated carbocycles. The normalized spacial score (nSPS) is 20.0. The van der Waals surface area contributed by atoms with E-state index in [0.717, 1.165) is 42.3 Å². The Hall–Kier alpha value is -2.44. The molecule has 3 aromatic rings. The molecule has 25 heavy (non-hydrogen) atoms. The molecular formula is C19H22N4O2. The van der Waals surface area contributed by atoms with Crippen LogP contribution in [-0.2, 0) is 0 Å². The molecule has 1 unspecified atom stereocenters. The van der Waals surface area contributed by atoms with E-state index in [1.165, 1.54) is 0 Å². The SMILES string of the molecule is Nc1nnc(C2CCCN(C[C@H](O)c3cccc4ccccc34)C2)o1. The van der Waals surface area contributed by atoms with E-state index in [1.54, 1.807) is 0 Å². The predicted molar refractivity (Wildman–Crippen MR) is 96.0 cm³/mol. The van der Waals surface area contributed by atoms with E-state index < -0.39 is 6.10 Å². The molecular weight excluding hydrogens is 316 g/mol. The quantitative estimate of drug-likeness (QED) is 0.760. The van der Waals surface area contributed by atoms with Crippen LogP contribution in [0.15, 0.2) is 46.9 Å². The lowest BCUT2D eigenvalue weighted by molar-refractivity contribution is 0.0930. The van der Waals surface area contributed by atoms with Crippen molar-refractivity contribution in [2.75, 3.05) is 25.4 Å². The topological polar surface area (TPSA) is 88.4 Å². The van der Waals surface area contributed by atoms with Gasteiger partial charge in [-0.25, -0.2) is 0 Å². The van der Waals surface area contributed by atoms with Crippen molar-refractivity contribution in [1.29, 1.82) is 0 Å². The standard InChI is InChI=1S/C19H22N4O2/c20-19-22-21-18(25-19)14-7-4-10-23(11-14)12-17(24)16-9-3-6-13-5-1-2-8-15(13)16/h1-3,5-6,8-9,14,17,24H,4,7,10-12H2,(H2,20,22)/t14?,17-/m0/s1. The summed E-state index contributed by atoms with van der Waals surface area (Å²) in [6.07, 6.45) is 1.51. The first kappa shape index (κ1) is 16.1. The minimum absolute atomic E-state index is 0.114. The summed E-state index contributed by atoms with van der Waals surface area (Å²) in [4.78, 5) is 2.26. The number of hydrogen-bond acceptors (Lipinski definition) is 6. The van der Waals surface area contributed by atoms with Gasteiger partial charge in [0.15, 0.2) is 0 Å². The number of fused-ring (bicyclic) bond motifs is 1. The van der Waals surface area contributed by atoms with Crippen LogP contribution in [0.3, 0.4) is 0 Å². The maximum absolute atomic E-state index is 10.8. The minimum atomic E-state index is -0.530. The second-order valence-corrected chi connectivity index (χ2v) is 6.66. The molecule has 3 N–H and O–H groups in total. The molecule has 0 radical (unpaired) electrons. The maximum Gasteiger partial charge on any atom is 0.312 e. The lowest BCUT2D eigenvalue weighted by atomic mass is 9.96. The van der Waals surface area contributed by atoms with Crippen molar-refractivity contribution < 1.29 is 9.52 Å². The highest BCUT2D eigenvalue weighted by Crippen LogP contribution is 2.29. The van der Waals surface area contributed by atoms with Crippen LogP contribution >= 0.6 is 0 Å². The lowest BCUT2D eigenvalue weighted by Crippen LogP contribution is -2.37. The number of β-amino-alcohol motifs (C(OH)–C–C–N with tert-alkyl or cyclic N) is 1. The monoisotopic (exact) mass is 338 g/mol. The Morgan fingerprint density at radius 3 is 2.88 bits per heavy atom. The van der Waals surface area contributed by atoms with Gasteiger partial charge in [0, 0.05) is 13.1 Å². The van der Waals surface area contributed by atoms with Crippen molar-refractivity contribution in [3.63, 3.8) is 0 Å². The zero-order valence-electron chi connectivity index (χ0n) is 14.0. The van der Waals surface area contributed by atoms with E-state index in [4.69, 9.17) is 10.2 Å². The van der Waals surface area contributed by atoms with Gasteiger partial charge in [0.25, 0.3) is 0 Å². The summed E-state index contributed by atoms with van der Waals surface area (Å²) in [5.74, 6) is 0.778. The molecule has 1 aromatic heterocycles. The van der Waals surface area contributed by atoms with Crippen molar-refractivity contribution in [3.05, 3.63) is 53.9 Å². The molecule has 2 heterocycles. The zero-order valence-corrected chi connectivity index (χ0v) is 14.0. The number of nitrogens with zero attached hydrogens (tertiary/aromatic N) is 3. The Bertz CT molecular complexity index is 858. The Kier molecular flexibility index (Phi) is 4.38. The number of benzene rings is 2. The zero-order chi connectivity index (χ0) is 17.2. The second kappa shape index (κ2) is 6.82. The molecule has 1 saturated heterocycles. The van der Waals surface area contributed by atoms with E-state index >= 15 is 0 Å². The number of anilines is 1. The Balaban J connectivity index is 1.49. The molecule has 6 nitrogen and oxygen atoms in total. The van der Waals surface area contributed by atoms with Crippen LogP contribution in [0.25, 0.3) is 10.8 Å². The van der Waals surface area contributed by atoms with E-state index in [-0.39, 0.29) is 11.9 Å². The largest absolute Gasteiger partial charge is 0.408 e. The highest BCUT2D eigenvalue weighted by Gasteiger charge is 2.27. The number of nitrogen functional groups attached to an aromatic ring is 1. The van der Waals surface area contributed by atoms with Gasteiger partial charge in [-0.15, -0.1) is 5.10 Å². The number of piperidine rings is 1. The van der Waals surface area contributed by atoms with Crippen LogP contribution in [0.2, 0.25) is 0 Å². The first-order valence-corrected chi connectivity index (χ1v) is 8.67. The molecule has 1 aliphatic heterocycles. The van der Waals surface area contributed by atoms with Crippen LogP contribution in [0.4, 0.5) is 6.01 Å². The molecule has 0 bridgehead atoms. The summed E-state index contributed by atoms with van der Waals surface area (Å²) >= 11 is 0. The van der Waals surface area contributed by atoms with Crippen molar-refractivity contribution in [3.8, 4) is 0 Å². The van der Waals surface area contributed by atoms with Gasteiger partial charge in [0.2, 0.25) is 5.89 Å². The number of hydrogen-bond donors (Lipinski definition) is 2. The van der Waals surface area contributed by atoms with Gasteiger partial charge in [0.1, 0.15) is 0 Å². The average molecular weight is 338 g/mol. The summed E-state index contributed by atoms with van der Waals surface area (Å²) in [7, 11) is 0. The molecule has 2 aromatic carbocycles. The first-order valence-electron chi connectivity index (χ1n) is 8.67. The predicted octanol–water partition coefficient (Wildman–Crippen LogP) is 2.72. The summed E-state index contributed by atoms with van der Waals surface area (Å²) in [6.45, 7) is 2.35. The summed E-state index contributed by atoms with van der Waals surface area (Å²) in [6, 6.07) is 14.4. The summed E-state index contributed by atoms with van der Waals surface area (Å²) in [5, 5.41) is 20.8. The fraction of sp³-hybridized carbons (Fsp3) is 0.368. The number of aliphatic hydroxyl groups is 1. The lowest BCUT2D eigenvalue weighted by Gasteiger charge is -2.32. The highest BCUT2D eigenvalue weighted by molar-refractivity contribution is 5.85. The van der Waals surface area contributed by atoms with Crippen LogP contribution in [-0.4, -0.2) is 39.8 Å². The van der Waals surface area contributed by atoms with Crippen molar-refractivity contribution >= 4 is 16.8 Å². The molecule has 130 valence electrons. The average Bonchev–Trinajstić information content (AvgIpc) is 3.08. The molecule has 4 rings (SSSR count). The van der Waals surface area contributed by atoms with Gasteiger partial charge in [-0.05, 0) is 35.7 Å². The fourth-order valence-electron chi connectivity index (χ4n) is 3.72. The Morgan fingerprint density at radius 2 is 2.04 bits per heavy atom. The van der Waals surface area contributed by atoms with Crippen LogP contribution < -0.4 is 5.73 Å². The number of nitrogens with two attached hydrogens (primary N) is 1. The van der Waals surface area contributed by atoms with E-state index in [9.17, 15) is 5.11 Å². The van der Waals surface area contributed by atoms with Crippen molar-refractivity contribution in [1.82, 2.24) is 15.1 Å². The van der Waals surface area contributed by atoms with E-state index in [1.807, 2.05) is 24.3 Å². The molecule has 2 atom stereocenters. The molecule has 1 fully saturated rings. The third-order valence-electron chi connectivity index (χ3n) is 4.92.